The molecule has 0 aliphatic heterocycles. The molecule has 0 atom stereocenters. The van der Waals surface area contributed by atoms with E-state index in [0.29, 0.717) is 0 Å². The van der Waals surface area contributed by atoms with Crippen molar-refractivity contribution in [1.29, 1.82) is 0 Å². The van der Waals surface area contributed by atoms with Gasteiger partial charge in [-0.1, -0.05) is 17.5 Å². The molecule has 0 aromatic carbocycles. The van der Waals surface area contributed by atoms with E-state index in [-0.39, 0.29) is 17.2 Å². The van der Waals surface area contributed by atoms with E-state index in [1.807, 2.05) is 0 Å². The SMILES string of the molecule is CCOC(=O)C#Cc1cc(Cl)cnc1F. The summed E-state index contributed by atoms with van der Waals surface area (Å²) >= 11 is 5.58. The van der Waals surface area contributed by atoms with Crippen LogP contribution in [-0.2, 0) is 9.53 Å². The Morgan fingerprint density at radius 1 is 1.73 bits per heavy atom. The summed E-state index contributed by atoms with van der Waals surface area (Å²) in [6.07, 6.45) is 1.16. The minimum absolute atomic E-state index is 0.0319. The minimum Gasteiger partial charge on any atom is -0.456 e. The summed E-state index contributed by atoms with van der Waals surface area (Å²) in [5.41, 5.74) is -0.0319. The van der Waals surface area contributed by atoms with Gasteiger partial charge in [-0.05, 0) is 13.0 Å². The normalized spacial score (nSPS) is 9.00. The van der Waals surface area contributed by atoms with E-state index in [1.54, 1.807) is 6.92 Å². The van der Waals surface area contributed by atoms with Crippen molar-refractivity contribution in [2.75, 3.05) is 6.61 Å². The monoisotopic (exact) mass is 227 g/mol. The molecule has 1 aromatic rings. The minimum atomic E-state index is -0.767. The zero-order valence-corrected chi connectivity index (χ0v) is 8.64. The lowest BCUT2D eigenvalue weighted by Crippen LogP contribution is -2.00. The molecule has 0 saturated carbocycles. The molecule has 1 rings (SSSR count). The van der Waals surface area contributed by atoms with Gasteiger partial charge < -0.3 is 4.74 Å². The molecule has 78 valence electrons. The van der Waals surface area contributed by atoms with Crippen molar-refractivity contribution in [3.05, 3.63) is 28.8 Å². The van der Waals surface area contributed by atoms with Crippen LogP contribution in [0.4, 0.5) is 4.39 Å². The van der Waals surface area contributed by atoms with Gasteiger partial charge >= 0.3 is 5.97 Å². The number of carbonyl (C=O) groups excluding carboxylic acids is 1. The van der Waals surface area contributed by atoms with Crippen LogP contribution in [-0.4, -0.2) is 17.6 Å². The first-order valence-electron chi connectivity index (χ1n) is 4.13. The molecule has 0 N–H and O–H groups in total. The summed E-state index contributed by atoms with van der Waals surface area (Å²) in [4.78, 5) is 14.2. The van der Waals surface area contributed by atoms with Crippen molar-refractivity contribution in [3.8, 4) is 11.8 Å². The van der Waals surface area contributed by atoms with Crippen molar-refractivity contribution in [2.45, 2.75) is 6.92 Å². The van der Waals surface area contributed by atoms with E-state index in [2.05, 4.69) is 21.6 Å². The molecule has 0 unspecified atom stereocenters. The third-order valence-corrected chi connectivity index (χ3v) is 1.59. The molecule has 5 heteroatoms. The van der Waals surface area contributed by atoms with Crippen LogP contribution in [0.2, 0.25) is 5.02 Å². The van der Waals surface area contributed by atoms with Crippen molar-refractivity contribution >= 4 is 17.6 Å². The van der Waals surface area contributed by atoms with Gasteiger partial charge in [0.2, 0.25) is 5.95 Å². The topological polar surface area (TPSA) is 39.2 Å². The van der Waals surface area contributed by atoms with Gasteiger partial charge in [0.15, 0.2) is 0 Å². The zero-order chi connectivity index (χ0) is 11.3. The van der Waals surface area contributed by atoms with E-state index < -0.39 is 11.9 Å². The maximum atomic E-state index is 13.0. The predicted octanol–water partition coefficient (Wildman–Crippen LogP) is 1.79. The van der Waals surface area contributed by atoms with Gasteiger partial charge in [-0.25, -0.2) is 9.78 Å². The molecule has 0 aliphatic carbocycles. The maximum Gasteiger partial charge on any atom is 0.384 e. The summed E-state index contributed by atoms with van der Waals surface area (Å²) in [6, 6.07) is 1.29. The highest BCUT2D eigenvalue weighted by atomic mass is 35.5. The number of nitrogens with zero attached hydrogens (tertiary/aromatic N) is 1. The fourth-order valence-electron chi connectivity index (χ4n) is 0.796. The van der Waals surface area contributed by atoms with Crippen LogP contribution in [0.1, 0.15) is 12.5 Å². The average molecular weight is 228 g/mol. The smallest absolute Gasteiger partial charge is 0.384 e. The number of pyridine rings is 1. The van der Waals surface area contributed by atoms with Crippen LogP contribution < -0.4 is 0 Å². The number of halogens is 2. The molecule has 0 bridgehead atoms. The van der Waals surface area contributed by atoms with E-state index in [1.165, 1.54) is 6.07 Å². The van der Waals surface area contributed by atoms with Gasteiger partial charge in [-0.2, -0.15) is 4.39 Å². The highest BCUT2D eigenvalue weighted by Gasteiger charge is 2.01. The van der Waals surface area contributed by atoms with Crippen molar-refractivity contribution in [3.63, 3.8) is 0 Å². The van der Waals surface area contributed by atoms with Crippen molar-refractivity contribution < 1.29 is 13.9 Å². The highest BCUT2D eigenvalue weighted by Crippen LogP contribution is 2.10. The van der Waals surface area contributed by atoms with Gasteiger partial charge in [-0.15, -0.1) is 0 Å². The number of carbonyl (C=O) groups is 1. The number of hydrogen-bond donors (Lipinski definition) is 0. The molecule has 1 heterocycles. The molecule has 15 heavy (non-hydrogen) atoms. The van der Waals surface area contributed by atoms with Crippen LogP contribution in [0, 0.1) is 17.8 Å². The third kappa shape index (κ3) is 3.56. The largest absolute Gasteiger partial charge is 0.456 e. The fraction of sp³-hybridized carbons (Fsp3) is 0.200. The maximum absolute atomic E-state index is 13.0. The molecule has 0 amide bonds. The lowest BCUT2D eigenvalue weighted by Gasteiger charge is -1.94. The lowest BCUT2D eigenvalue weighted by molar-refractivity contribution is -0.136. The molecular formula is C10H7ClFNO2. The summed E-state index contributed by atoms with van der Waals surface area (Å²) < 4.78 is 17.5. The first kappa shape index (κ1) is 11.5. The van der Waals surface area contributed by atoms with Gasteiger partial charge in [-0.3, -0.25) is 0 Å². The van der Waals surface area contributed by atoms with Crippen LogP contribution >= 0.6 is 11.6 Å². The molecule has 0 radical (unpaired) electrons. The van der Waals surface area contributed by atoms with Gasteiger partial charge in [0.05, 0.1) is 17.2 Å². The number of esters is 1. The second kappa shape index (κ2) is 5.32. The molecule has 0 spiro atoms. The Balaban J connectivity index is 2.88. The van der Waals surface area contributed by atoms with Crippen LogP contribution in [0.3, 0.4) is 0 Å². The van der Waals surface area contributed by atoms with Crippen molar-refractivity contribution in [1.82, 2.24) is 4.98 Å². The van der Waals surface area contributed by atoms with Gasteiger partial charge in [0.25, 0.3) is 0 Å². The number of hydrogen-bond acceptors (Lipinski definition) is 3. The Labute approximate surface area is 91.2 Å². The summed E-state index contributed by atoms with van der Waals surface area (Å²) in [5.74, 6) is 2.93. The molecular weight excluding hydrogens is 221 g/mol. The summed E-state index contributed by atoms with van der Waals surface area (Å²) in [6.45, 7) is 1.88. The van der Waals surface area contributed by atoms with Gasteiger partial charge in [0.1, 0.15) is 0 Å². The summed E-state index contributed by atoms with van der Waals surface area (Å²) in [7, 11) is 0. The van der Waals surface area contributed by atoms with E-state index >= 15 is 0 Å². The molecule has 0 aliphatic rings. The standard InChI is InChI=1S/C10H7ClFNO2/c1-2-15-9(14)4-3-7-5-8(11)6-13-10(7)12/h5-6H,2H2,1H3. The Bertz CT molecular complexity index is 437. The van der Waals surface area contributed by atoms with Gasteiger partial charge in [0, 0.05) is 12.1 Å². The molecule has 0 fully saturated rings. The Hall–Kier alpha value is -1.60. The van der Waals surface area contributed by atoms with Crippen LogP contribution in [0.5, 0.6) is 0 Å². The number of rotatable bonds is 1. The first-order valence-corrected chi connectivity index (χ1v) is 4.51. The number of aromatic nitrogens is 1. The van der Waals surface area contributed by atoms with Crippen molar-refractivity contribution in [2.24, 2.45) is 0 Å². The highest BCUT2D eigenvalue weighted by molar-refractivity contribution is 6.30. The Morgan fingerprint density at radius 3 is 3.13 bits per heavy atom. The van der Waals surface area contributed by atoms with E-state index in [9.17, 15) is 9.18 Å². The average Bonchev–Trinajstić information content (AvgIpc) is 2.20. The van der Waals surface area contributed by atoms with Crippen LogP contribution in [0.15, 0.2) is 12.3 Å². The Kier molecular flexibility index (Phi) is 4.07. The lowest BCUT2D eigenvalue weighted by atomic mass is 10.3. The van der Waals surface area contributed by atoms with E-state index in [4.69, 9.17) is 11.6 Å². The quantitative estimate of drug-likeness (QED) is 0.417. The van der Waals surface area contributed by atoms with Crippen LogP contribution in [0.25, 0.3) is 0 Å². The zero-order valence-electron chi connectivity index (χ0n) is 7.88. The molecule has 0 saturated heterocycles. The predicted molar refractivity (Wildman–Crippen MR) is 52.7 cm³/mol. The van der Waals surface area contributed by atoms with E-state index in [0.717, 1.165) is 6.20 Å². The first-order chi connectivity index (χ1) is 7.13. The number of ether oxygens (including phenoxy) is 1. The Morgan fingerprint density at radius 2 is 2.47 bits per heavy atom. The second-order valence-electron chi connectivity index (χ2n) is 2.46. The summed E-state index contributed by atoms with van der Waals surface area (Å²) in [5, 5.41) is 0.254. The fourth-order valence-corrected chi connectivity index (χ4v) is 0.954. The second-order valence-corrected chi connectivity index (χ2v) is 2.90. The molecule has 1 aromatic heterocycles. The molecule has 3 nitrogen and oxygen atoms in total. The third-order valence-electron chi connectivity index (χ3n) is 1.38.